The van der Waals surface area contributed by atoms with Crippen LogP contribution in [0.3, 0.4) is 0 Å². The molecule has 0 aliphatic carbocycles. The van der Waals surface area contributed by atoms with Crippen molar-refractivity contribution in [1.82, 2.24) is 15.1 Å². The normalized spacial score (nSPS) is 12.9. The maximum Gasteiger partial charge on any atom is 0.0625 e. The van der Waals surface area contributed by atoms with Crippen molar-refractivity contribution in [2.24, 2.45) is 0 Å². The molecule has 1 aromatic heterocycles. The Morgan fingerprint density at radius 1 is 1.33 bits per heavy atom. The molecule has 1 rings (SSSR count). The number of hydrogen-bond donors (Lipinski definition) is 1. The van der Waals surface area contributed by atoms with Crippen molar-refractivity contribution in [2.45, 2.75) is 47.1 Å². The van der Waals surface area contributed by atoms with E-state index in [9.17, 15) is 0 Å². The molecule has 0 bridgehead atoms. The summed E-state index contributed by atoms with van der Waals surface area (Å²) in [7, 11) is 0. The molecule has 1 heterocycles. The van der Waals surface area contributed by atoms with Crippen molar-refractivity contribution in [3.8, 4) is 0 Å². The van der Waals surface area contributed by atoms with Crippen LogP contribution in [0.1, 0.15) is 43.3 Å². The number of rotatable bonds is 8. The van der Waals surface area contributed by atoms with Gasteiger partial charge in [-0.3, -0.25) is 4.68 Å². The lowest BCUT2D eigenvalue weighted by Crippen LogP contribution is -2.26. The van der Waals surface area contributed by atoms with Gasteiger partial charge in [0.25, 0.3) is 0 Å². The Morgan fingerprint density at radius 2 is 2.06 bits per heavy atom. The van der Waals surface area contributed by atoms with Gasteiger partial charge in [0, 0.05) is 25.5 Å². The van der Waals surface area contributed by atoms with Crippen LogP contribution in [0.4, 0.5) is 0 Å². The lowest BCUT2D eigenvalue weighted by Gasteiger charge is -2.15. The van der Waals surface area contributed by atoms with E-state index < -0.39 is 0 Å². The van der Waals surface area contributed by atoms with Crippen LogP contribution in [0.15, 0.2) is 0 Å². The summed E-state index contributed by atoms with van der Waals surface area (Å²) in [6, 6.07) is 0.393. The third kappa shape index (κ3) is 4.10. The van der Waals surface area contributed by atoms with Crippen molar-refractivity contribution in [3.63, 3.8) is 0 Å². The Bertz CT molecular complexity index is 360. The highest BCUT2D eigenvalue weighted by atomic mass is 16.5. The fourth-order valence-corrected chi connectivity index (χ4v) is 2.02. The highest BCUT2D eigenvalue weighted by Gasteiger charge is 2.12. The predicted octanol–water partition coefficient (Wildman–Crippen LogP) is 2.39. The van der Waals surface area contributed by atoms with Crippen LogP contribution in [0.5, 0.6) is 0 Å². The van der Waals surface area contributed by atoms with E-state index in [1.165, 1.54) is 11.3 Å². The molecule has 0 amide bonds. The van der Waals surface area contributed by atoms with Crippen molar-refractivity contribution in [2.75, 3.05) is 26.3 Å². The number of aromatic nitrogens is 2. The summed E-state index contributed by atoms with van der Waals surface area (Å²) in [5, 5.41) is 8.05. The lowest BCUT2D eigenvalue weighted by molar-refractivity contribution is 0.144. The van der Waals surface area contributed by atoms with Gasteiger partial charge in [0.15, 0.2) is 0 Å². The van der Waals surface area contributed by atoms with E-state index in [0.717, 1.165) is 38.4 Å². The number of hydrogen-bond acceptors (Lipinski definition) is 3. The van der Waals surface area contributed by atoms with Gasteiger partial charge in [-0.25, -0.2) is 0 Å². The summed E-state index contributed by atoms with van der Waals surface area (Å²) in [6.07, 6.45) is 1.07. The van der Waals surface area contributed by atoms with Crippen molar-refractivity contribution < 1.29 is 4.74 Å². The average molecular weight is 253 g/mol. The Hall–Kier alpha value is -0.870. The molecule has 0 aliphatic rings. The van der Waals surface area contributed by atoms with E-state index in [1.54, 1.807) is 0 Å². The second kappa shape index (κ2) is 7.54. The van der Waals surface area contributed by atoms with Crippen LogP contribution in [-0.2, 0) is 4.74 Å². The third-order valence-electron chi connectivity index (χ3n) is 3.39. The summed E-state index contributed by atoms with van der Waals surface area (Å²) < 4.78 is 7.43. The van der Waals surface area contributed by atoms with Gasteiger partial charge in [0.05, 0.1) is 11.7 Å². The topological polar surface area (TPSA) is 39.1 Å². The Kier molecular flexibility index (Phi) is 6.36. The first-order chi connectivity index (χ1) is 8.57. The first kappa shape index (κ1) is 15.2. The van der Waals surface area contributed by atoms with Crippen molar-refractivity contribution in [1.29, 1.82) is 0 Å². The molecule has 0 aromatic carbocycles. The Balaban J connectivity index is 2.32. The molecule has 1 N–H and O–H groups in total. The van der Waals surface area contributed by atoms with Crippen LogP contribution in [0, 0.1) is 20.8 Å². The zero-order valence-electron chi connectivity index (χ0n) is 12.4. The van der Waals surface area contributed by atoms with E-state index in [-0.39, 0.29) is 0 Å². The lowest BCUT2D eigenvalue weighted by atomic mass is 10.2. The van der Waals surface area contributed by atoms with Gasteiger partial charge in [-0.1, -0.05) is 0 Å². The molecule has 104 valence electrons. The molecule has 0 saturated heterocycles. The summed E-state index contributed by atoms with van der Waals surface area (Å²) in [5.74, 6) is 0. The maximum absolute atomic E-state index is 5.31. The zero-order chi connectivity index (χ0) is 13.5. The molecule has 0 spiro atoms. The van der Waals surface area contributed by atoms with Gasteiger partial charge in [-0.05, 0) is 53.1 Å². The molecule has 0 saturated carbocycles. The molecular weight excluding hydrogens is 226 g/mol. The highest BCUT2D eigenvalue weighted by molar-refractivity contribution is 5.22. The monoisotopic (exact) mass is 253 g/mol. The number of aryl methyl sites for hydroxylation is 1. The summed E-state index contributed by atoms with van der Waals surface area (Å²) >= 11 is 0. The molecule has 1 unspecified atom stereocenters. The molecule has 1 atom stereocenters. The summed E-state index contributed by atoms with van der Waals surface area (Å²) in [6.45, 7) is 14.2. The highest BCUT2D eigenvalue weighted by Crippen LogP contribution is 2.15. The van der Waals surface area contributed by atoms with Gasteiger partial charge in [0.1, 0.15) is 0 Å². The van der Waals surface area contributed by atoms with Crippen LogP contribution >= 0.6 is 0 Å². The molecule has 0 aliphatic heterocycles. The van der Waals surface area contributed by atoms with Gasteiger partial charge in [-0.15, -0.1) is 0 Å². The summed E-state index contributed by atoms with van der Waals surface area (Å²) in [4.78, 5) is 0. The zero-order valence-corrected chi connectivity index (χ0v) is 12.4. The van der Waals surface area contributed by atoms with Crippen molar-refractivity contribution in [3.05, 3.63) is 17.0 Å². The van der Waals surface area contributed by atoms with Crippen LogP contribution in [0.2, 0.25) is 0 Å². The second-order valence-electron chi connectivity index (χ2n) is 4.84. The molecule has 18 heavy (non-hydrogen) atoms. The van der Waals surface area contributed by atoms with Gasteiger partial charge in [0.2, 0.25) is 0 Å². The predicted molar refractivity (Wildman–Crippen MR) is 75.1 cm³/mol. The molecule has 4 heteroatoms. The van der Waals surface area contributed by atoms with E-state index >= 15 is 0 Å². The van der Waals surface area contributed by atoms with Gasteiger partial charge < -0.3 is 10.1 Å². The second-order valence-corrected chi connectivity index (χ2v) is 4.84. The Labute approximate surface area is 111 Å². The molecule has 0 fully saturated rings. The van der Waals surface area contributed by atoms with E-state index in [2.05, 4.69) is 42.8 Å². The largest absolute Gasteiger partial charge is 0.382 e. The van der Waals surface area contributed by atoms with Crippen LogP contribution < -0.4 is 5.32 Å². The molecule has 1 aromatic rings. The van der Waals surface area contributed by atoms with E-state index in [4.69, 9.17) is 4.74 Å². The minimum atomic E-state index is 0.393. The van der Waals surface area contributed by atoms with E-state index in [0.29, 0.717) is 6.04 Å². The first-order valence-corrected chi connectivity index (χ1v) is 6.88. The number of nitrogens with one attached hydrogen (secondary N) is 1. The number of nitrogens with zero attached hydrogens (tertiary/aromatic N) is 2. The van der Waals surface area contributed by atoms with Gasteiger partial charge >= 0.3 is 0 Å². The maximum atomic E-state index is 5.31. The SMILES string of the molecule is CCOCCCNCC(C)n1nc(C)c(C)c1C. The smallest absolute Gasteiger partial charge is 0.0625 e. The fourth-order valence-electron chi connectivity index (χ4n) is 2.02. The van der Waals surface area contributed by atoms with Crippen molar-refractivity contribution >= 4 is 0 Å². The number of ether oxygens (including phenoxy) is 1. The molecule has 4 nitrogen and oxygen atoms in total. The average Bonchev–Trinajstić information content (AvgIpc) is 2.61. The first-order valence-electron chi connectivity index (χ1n) is 6.88. The van der Waals surface area contributed by atoms with Crippen LogP contribution in [-0.4, -0.2) is 36.1 Å². The van der Waals surface area contributed by atoms with E-state index in [1.807, 2.05) is 6.92 Å². The van der Waals surface area contributed by atoms with Crippen LogP contribution in [0.25, 0.3) is 0 Å². The molecule has 0 radical (unpaired) electrons. The summed E-state index contributed by atoms with van der Waals surface area (Å²) in [5.41, 5.74) is 3.71. The quantitative estimate of drug-likeness (QED) is 0.723. The van der Waals surface area contributed by atoms with Gasteiger partial charge in [-0.2, -0.15) is 5.10 Å². The standard InChI is InChI=1S/C14H27N3O/c1-6-18-9-7-8-15-10-11(2)17-14(5)12(3)13(4)16-17/h11,15H,6-10H2,1-5H3. The Morgan fingerprint density at radius 3 is 2.61 bits per heavy atom. The third-order valence-corrected chi connectivity index (χ3v) is 3.39. The minimum Gasteiger partial charge on any atom is -0.382 e. The fraction of sp³-hybridized carbons (Fsp3) is 0.786. The minimum absolute atomic E-state index is 0.393. The molecular formula is C14H27N3O.